The van der Waals surface area contributed by atoms with Gasteiger partial charge < -0.3 is 4.74 Å². The summed E-state index contributed by atoms with van der Waals surface area (Å²) in [6.07, 6.45) is 1.50. The Morgan fingerprint density at radius 1 is 1.32 bits per heavy atom. The van der Waals surface area contributed by atoms with Gasteiger partial charge in [-0.1, -0.05) is 39.0 Å². The number of nitrogens with zero attached hydrogens (tertiary/aromatic N) is 1. The Bertz CT molecular complexity index is 501. The van der Waals surface area contributed by atoms with E-state index in [-0.39, 0.29) is 10.8 Å². The van der Waals surface area contributed by atoms with Crippen LogP contribution in [0.5, 0.6) is 0 Å². The minimum Gasteiger partial charge on any atom is -0.379 e. The van der Waals surface area contributed by atoms with Gasteiger partial charge in [-0.05, 0) is 35.4 Å². The van der Waals surface area contributed by atoms with E-state index in [0.29, 0.717) is 6.42 Å². The Hall–Kier alpha value is -1.33. The van der Waals surface area contributed by atoms with Crippen LogP contribution < -0.4 is 0 Å². The summed E-state index contributed by atoms with van der Waals surface area (Å²) in [5, 5.41) is 8.86. The molecule has 2 nitrogen and oxygen atoms in total. The van der Waals surface area contributed by atoms with Crippen LogP contribution in [0.1, 0.15) is 50.3 Å². The van der Waals surface area contributed by atoms with E-state index in [1.165, 1.54) is 16.7 Å². The monoisotopic (exact) mass is 257 g/mol. The molecular weight excluding hydrogens is 234 g/mol. The summed E-state index contributed by atoms with van der Waals surface area (Å²) in [5.41, 5.74) is 4.27. The maximum atomic E-state index is 8.86. The van der Waals surface area contributed by atoms with E-state index in [1.807, 2.05) is 0 Å². The highest BCUT2D eigenvalue weighted by Gasteiger charge is 2.41. The summed E-state index contributed by atoms with van der Waals surface area (Å²) in [6, 6.07) is 9.03. The molecule has 0 N–H and O–H groups in total. The van der Waals surface area contributed by atoms with Crippen molar-refractivity contribution in [1.82, 2.24) is 0 Å². The molecule has 0 atom stereocenters. The molecule has 1 aromatic rings. The van der Waals surface area contributed by atoms with Crippen molar-refractivity contribution in [2.45, 2.75) is 51.4 Å². The summed E-state index contributed by atoms with van der Waals surface area (Å²) in [5.74, 6) is 0. The van der Waals surface area contributed by atoms with Gasteiger partial charge in [0.15, 0.2) is 0 Å². The van der Waals surface area contributed by atoms with Gasteiger partial charge >= 0.3 is 0 Å². The zero-order valence-corrected chi connectivity index (χ0v) is 12.4. The van der Waals surface area contributed by atoms with Crippen molar-refractivity contribution in [2.24, 2.45) is 0 Å². The molecule has 1 saturated heterocycles. The van der Waals surface area contributed by atoms with Crippen LogP contribution in [0, 0.1) is 18.3 Å². The molecule has 1 aliphatic rings. The lowest BCUT2D eigenvalue weighted by Gasteiger charge is -2.43. The summed E-state index contributed by atoms with van der Waals surface area (Å²) in [4.78, 5) is 0. The van der Waals surface area contributed by atoms with Gasteiger partial charge in [-0.2, -0.15) is 5.26 Å². The van der Waals surface area contributed by atoms with Crippen molar-refractivity contribution in [3.05, 3.63) is 34.9 Å². The zero-order valence-electron chi connectivity index (χ0n) is 12.4. The SMILES string of the molecule is Cc1ccc(C(C)(C)C)cc1C1(CCC#N)COC1. The van der Waals surface area contributed by atoms with Gasteiger partial charge in [0.2, 0.25) is 0 Å². The minimum absolute atomic E-state index is 0.0705. The number of nitriles is 1. The molecule has 1 heterocycles. The highest BCUT2D eigenvalue weighted by atomic mass is 16.5. The third-order valence-electron chi connectivity index (χ3n) is 4.15. The third kappa shape index (κ3) is 2.67. The number of hydrogen-bond acceptors (Lipinski definition) is 2. The minimum atomic E-state index is 0.0705. The fourth-order valence-electron chi connectivity index (χ4n) is 2.74. The van der Waals surface area contributed by atoms with Crippen LogP contribution in [-0.4, -0.2) is 13.2 Å². The molecular formula is C17H23NO. The van der Waals surface area contributed by atoms with Crippen LogP contribution >= 0.6 is 0 Å². The van der Waals surface area contributed by atoms with Gasteiger partial charge in [0.25, 0.3) is 0 Å². The van der Waals surface area contributed by atoms with Crippen molar-refractivity contribution in [3.8, 4) is 6.07 Å². The van der Waals surface area contributed by atoms with E-state index in [0.717, 1.165) is 19.6 Å². The van der Waals surface area contributed by atoms with Crippen molar-refractivity contribution in [3.63, 3.8) is 0 Å². The van der Waals surface area contributed by atoms with Gasteiger partial charge in [-0.3, -0.25) is 0 Å². The first kappa shape index (κ1) is 14.1. The van der Waals surface area contributed by atoms with Gasteiger partial charge in [-0.15, -0.1) is 0 Å². The molecule has 0 aliphatic carbocycles. The normalized spacial score (nSPS) is 17.6. The van der Waals surface area contributed by atoms with E-state index < -0.39 is 0 Å². The number of ether oxygens (including phenoxy) is 1. The Labute approximate surface area is 116 Å². The first-order chi connectivity index (χ1) is 8.89. The van der Waals surface area contributed by atoms with Crippen LogP contribution in [0.4, 0.5) is 0 Å². The lowest BCUT2D eigenvalue weighted by atomic mass is 9.71. The average Bonchev–Trinajstić information content (AvgIpc) is 2.28. The quantitative estimate of drug-likeness (QED) is 0.823. The number of hydrogen-bond donors (Lipinski definition) is 0. The average molecular weight is 257 g/mol. The first-order valence-electron chi connectivity index (χ1n) is 6.95. The van der Waals surface area contributed by atoms with Gasteiger partial charge in [0, 0.05) is 11.8 Å². The fraction of sp³-hybridized carbons (Fsp3) is 0.588. The molecule has 0 aromatic heterocycles. The van der Waals surface area contributed by atoms with Crippen molar-refractivity contribution >= 4 is 0 Å². The third-order valence-corrected chi connectivity index (χ3v) is 4.15. The molecule has 0 amide bonds. The Morgan fingerprint density at radius 3 is 2.47 bits per heavy atom. The van der Waals surface area contributed by atoms with Crippen LogP contribution in [0.2, 0.25) is 0 Å². The van der Waals surface area contributed by atoms with E-state index in [9.17, 15) is 0 Å². The zero-order chi connectivity index (χ0) is 14.1. The standard InChI is InChI=1S/C17H23NO/c1-13-6-7-14(16(2,3)4)10-15(13)17(8-5-9-18)11-19-12-17/h6-7,10H,5,8,11-12H2,1-4H3. The lowest BCUT2D eigenvalue weighted by molar-refractivity contribution is -0.0640. The molecule has 0 saturated carbocycles. The van der Waals surface area contributed by atoms with Crippen LogP contribution in [-0.2, 0) is 15.6 Å². The fourth-order valence-corrected chi connectivity index (χ4v) is 2.74. The van der Waals surface area contributed by atoms with Crippen LogP contribution in [0.15, 0.2) is 18.2 Å². The largest absolute Gasteiger partial charge is 0.379 e. The van der Waals surface area contributed by atoms with Crippen LogP contribution in [0.3, 0.4) is 0 Å². The predicted molar refractivity (Wildman–Crippen MR) is 77.2 cm³/mol. The molecule has 1 aromatic carbocycles. The Morgan fingerprint density at radius 2 is 2.00 bits per heavy atom. The van der Waals surface area contributed by atoms with E-state index in [2.05, 4.69) is 52.0 Å². The maximum absolute atomic E-state index is 8.86. The Kier molecular flexibility index (Phi) is 3.69. The molecule has 19 heavy (non-hydrogen) atoms. The van der Waals surface area contributed by atoms with Crippen molar-refractivity contribution < 1.29 is 4.74 Å². The molecule has 0 radical (unpaired) electrons. The molecule has 1 fully saturated rings. The molecule has 0 spiro atoms. The predicted octanol–water partition coefficient (Wildman–Crippen LogP) is 3.86. The van der Waals surface area contributed by atoms with Crippen molar-refractivity contribution in [1.29, 1.82) is 5.26 Å². The summed E-state index contributed by atoms with van der Waals surface area (Å²) >= 11 is 0. The topological polar surface area (TPSA) is 33.0 Å². The number of rotatable bonds is 3. The highest BCUT2D eigenvalue weighted by Crippen LogP contribution is 2.40. The summed E-state index contributed by atoms with van der Waals surface area (Å²) in [7, 11) is 0. The van der Waals surface area contributed by atoms with Gasteiger partial charge in [0.05, 0.1) is 19.3 Å². The Balaban J connectivity index is 2.40. The highest BCUT2D eigenvalue weighted by molar-refractivity contribution is 5.41. The maximum Gasteiger partial charge on any atom is 0.0622 e. The molecule has 2 rings (SSSR count). The smallest absolute Gasteiger partial charge is 0.0622 e. The second-order valence-corrected chi connectivity index (χ2v) is 6.71. The molecule has 0 unspecified atom stereocenters. The molecule has 2 heteroatoms. The molecule has 102 valence electrons. The van der Waals surface area contributed by atoms with Crippen molar-refractivity contribution in [2.75, 3.05) is 13.2 Å². The van der Waals surface area contributed by atoms with E-state index in [4.69, 9.17) is 10.00 Å². The first-order valence-corrected chi connectivity index (χ1v) is 6.95. The molecule has 0 bridgehead atoms. The van der Waals surface area contributed by atoms with E-state index in [1.54, 1.807) is 0 Å². The number of aryl methyl sites for hydroxylation is 1. The molecule has 1 aliphatic heterocycles. The summed E-state index contributed by atoms with van der Waals surface area (Å²) in [6.45, 7) is 10.4. The second kappa shape index (κ2) is 4.98. The second-order valence-electron chi connectivity index (χ2n) is 6.71. The van der Waals surface area contributed by atoms with E-state index >= 15 is 0 Å². The lowest BCUT2D eigenvalue weighted by Crippen LogP contribution is -2.47. The number of benzene rings is 1. The van der Waals surface area contributed by atoms with Gasteiger partial charge in [-0.25, -0.2) is 0 Å². The van der Waals surface area contributed by atoms with Gasteiger partial charge in [0.1, 0.15) is 0 Å². The van der Waals surface area contributed by atoms with Crippen LogP contribution in [0.25, 0.3) is 0 Å². The summed E-state index contributed by atoms with van der Waals surface area (Å²) < 4.78 is 5.46.